The molecular formula is C19H25FN2OS. The molecule has 1 aliphatic heterocycles. The molecule has 0 atom stereocenters. The van der Waals surface area contributed by atoms with E-state index < -0.39 is 0 Å². The Labute approximate surface area is 147 Å². The number of ether oxygens (including phenoxy) is 1. The average Bonchev–Trinajstić information content (AvgIpc) is 3.04. The lowest BCUT2D eigenvalue weighted by Gasteiger charge is -2.32. The van der Waals surface area contributed by atoms with Crippen molar-refractivity contribution in [2.45, 2.75) is 32.6 Å². The standard InChI is InChI=1S/C19H25FN2OS/c1-13(2)11-22-8-6-14(7-9-22)19-21-18(12-24-19)16-5-4-15(23-3)10-17(16)20/h4-5,10,12-14H,6-9,11H2,1-3H3. The molecule has 1 saturated heterocycles. The number of nitrogens with zero attached hydrogens (tertiary/aromatic N) is 2. The van der Waals surface area contributed by atoms with Crippen LogP contribution in [0.15, 0.2) is 23.6 Å². The number of piperidine rings is 1. The van der Waals surface area contributed by atoms with E-state index in [4.69, 9.17) is 9.72 Å². The summed E-state index contributed by atoms with van der Waals surface area (Å²) >= 11 is 1.66. The fourth-order valence-electron chi connectivity index (χ4n) is 3.31. The Morgan fingerprint density at radius 1 is 1.33 bits per heavy atom. The van der Waals surface area contributed by atoms with E-state index in [1.807, 2.05) is 5.38 Å². The van der Waals surface area contributed by atoms with Gasteiger partial charge in [-0.2, -0.15) is 0 Å². The quantitative estimate of drug-likeness (QED) is 0.776. The molecule has 0 N–H and O–H groups in total. The van der Waals surface area contributed by atoms with Crippen molar-refractivity contribution in [3.63, 3.8) is 0 Å². The number of likely N-dealkylation sites (tertiary alicyclic amines) is 1. The molecular weight excluding hydrogens is 323 g/mol. The summed E-state index contributed by atoms with van der Waals surface area (Å²) in [6, 6.07) is 4.94. The molecule has 0 amide bonds. The highest BCUT2D eigenvalue weighted by Gasteiger charge is 2.23. The first-order chi connectivity index (χ1) is 11.6. The lowest BCUT2D eigenvalue weighted by Crippen LogP contribution is -2.35. The second kappa shape index (κ2) is 7.62. The molecule has 0 saturated carbocycles. The molecule has 0 aliphatic carbocycles. The van der Waals surface area contributed by atoms with Crippen LogP contribution in [0.5, 0.6) is 5.75 Å². The van der Waals surface area contributed by atoms with E-state index >= 15 is 0 Å². The van der Waals surface area contributed by atoms with Crippen LogP contribution >= 0.6 is 11.3 Å². The molecule has 1 aliphatic rings. The first kappa shape index (κ1) is 17.4. The third-order valence-corrected chi connectivity index (χ3v) is 5.54. The average molecular weight is 348 g/mol. The minimum absolute atomic E-state index is 0.280. The second-order valence-corrected chi connectivity index (χ2v) is 7.78. The molecule has 1 aromatic carbocycles. The minimum Gasteiger partial charge on any atom is -0.497 e. The summed E-state index contributed by atoms with van der Waals surface area (Å²) < 4.78 is 19.3. The van der Waals surface area contributed by atoms with Gasteiger partial charge in [-0.05, 0) is 44.0 Å². The minimum atomic E-state index is -0.280. The van der Waals surface area contributed by atoms with Crippen LogP contribution in [0, 0.1) is 11.7 Å². The van der Waals surface area contributed by atoms with Crippen molar-refractivity contribution in [1.29, 1.82) is 0 Å². The number of halogens is 1. The van der Waals surface area contributed by atoms with Crippen molar-refractivity contribution in [3.8, 4) is 17.0 Å². The van der Waals surface area contributed by atoms with Gasteiger partial charge in [0.1, 0.15) is 11.6 Å². The fraction of sp³-hybridized carbons (Fsp3) is 0.526. The molecule has 0 radical (unpaired) electrons. The highest BCUT2D eigenvalue weighted by atomic mass is 32.1. The maximum absolute atomic E-state index is 14.2. The van der Waals surface area contributed by atoms with Crippen molar-refractivity contribution in [2.24, 2.45) is 5.92 Å². The van der Waals surface area contributed by atoms with Gasteiger partial charge in [0.15, 0.2) is 0 Å². The Bertz CT molecular complexity index is 678. The number of thiazole rings is 1. The molecule has 0 spiro atoms. The molecule has 1 fully saturated rings. The van der Waals surface area contributed by atoms with E-state index in [2.05, 4.69) is 18.7 Å². The van der Waals surface area contributed by atoms with Crippen molar-refractivity contribution in [1.82, 2.24) is 9.88 Å². The van der Waals surface area contributed by atoms with E-state index in [-0.39, 0.29) is 5.82 Å². The summed E-state index contributed by atoms with van der Waals surface area (Å²) in [6.45, 7) is 7.97. The van der Waals surface area contributed by atoms with Crippen molar-refractivity contribution in [3.05, 3.63) is 34.4 Å². The van der Waals surface area contributed by atoms with E-state index in [0.717, 1.165) is 36.6 Å². The van der Waals surface area contributed by atoms with Gasteiger partial charge >= 0.3 is 0 Å². The zero-order valence-corrected chi connectivity index (χ0v) is 15.4. The predicted octanol–water partition coefficient (Wildman–Crippen LogP) is 4.79. The number of methoxy groups -OCH3 is 1. The molecule has 24 heavy (non-hydrogen) atoms. The van der Waals surface area contributed by atoms with Crippen LogP contribution in [0.3, 0.4) is 0 Å². The Hall–Kier alpha value is -1.46. The fourth-order valence-corrected chi connectivity index (χ4v) is 4.30. The van der Waals surface area contributed by atoms with Crippen LogP contribution in [0.4, 0.5) is 4.39 Å². The molecule has 2 aromatic rings. The molecule has 0 bridgehead atoms. The zero-order valence-electron chi connectivity index (χ0n) is 14.6. The Morgan fingerprint density at radius 2 is 2.08 bits per heavy atom. The van der Waals surface area contributed by atoms with Crippen molar-refractivity contribution in [2.75, 3.05) is 26.7 Å². The van der Waals surface area contributed by atoms with E-state index in [1.165, 1.54) is 12.6 Å². The monoisotopic (exact) mass is 348 g/mol. The Kier molecular flexibility index (Phi) is 5.51. The number of hydrogen-bond donors (Lipinski definition) is 0. The summed E-state index contributed by atoms with van der Waals surface area (Å²) in [5, 5.41) is 3.12. The van der Waals surface area contributed by atoms with Gasteiger partial charge in [0.05, 0.1) is 17.8 Å². The van der Waals surface area contributed by atoms with Crippen LogP contribution in [-0.2, 0) is 0 Å². The Balaban J connectivity index is 1.68. The van der Waals surface area contributed by atoms with Crippen LogP contribution in [-0.4, -0.2) is 36.6 Å². The number of benzene rings is 1. The Morgan fingerprint density at radius 3 is 2.71 bits per heavy atom. The first-order valence-corrected chi connectivity index (χ1v) is 9.46. The van der Waals surface area contributed by atoms with E-state index in [1.54, 1.807) is 30.6 Å². The van der Waals surface area contributed by atoms with Crippen molar-refractivity contribution >= 4 is 11.3 Å². The van der Waals surface area contributed by atoms with Crippen LogP contribution in [0.2, 0.25) is 0 Å². The summed E-state index contributed by atoms with van der Waals surface area (Å²) in [7, 11) is 1.54. The zero-order chi connectivity index (χ0) is 17.1. The van der Waals surface area contributed by atoms with E-state index in [9.17, 15) is 4.39 Å². The third-order valence-electron chi connectivity index (χ3n) is 4.53. The highest BCUT2D eigenvalue weighted by Crippen LogP contribution is 2.34. The van der Waals surface area contributed by atoms with Crippen LogP contribution in [0.25, 0.3) is 11.3 Å². The van der Waals surface area contributed by atoms with Gasteiger partial charge in [0.25, 0.3) is 0 Å². The van der Waals surface area contributed by atoms with Gasteiger partial charge in [-0.15, -0.1) is 11.3 Å². The molecule has 3 rings (SSSR count). The van der Waals surface area contributed by atoms with Gasteiger partial charge in [0.2, 0.25) is 0 Å². The van der Waals surface area contributed by atoms with Gasteiger partial charge in [0, 0.05) is 29.5 Å². The van der Waals surface area contributed by atoms with Gasteiger partial charge in [-0.25, -0.2) is 9.37 Å². The maximum Gasteiger partial charge on any atom is 0.136 e. The molecule has 2 heterocycles. The van der Waals surface area contributed by atoms with Gasteiger partial charge in [-0.3, -0.25) is 0 Å². The van der Waals surface area contributed by atoms with Crippen LogP contribution in [0.1, 0.15) is 37.6 Å². The van der Waals surface area contributed by atoms with Gasteiger partial charge < -0.3 is 9.64 Å². The maximum atomic E-state index is 14.2. The topological polar surface area (TPSA) is 25.4 Å². The second-order valence-electron chi connectivity index (χ2n) is 6.89. The lowest BCUT2D eigenvalue weighted by molar-refractivity contribution is 0.192. The summed E-state index contributed by atoms with van der Waals surface area (Å²) in [5.74, 6) is 1.47. The molecule has 1 aromatic heterocycles. The highest BCUT2D eigenvalue weighted by molar-refractivity contribution is 7.10. The largest absolute Gasteiger partial charge is 0.497 e. The van der Waals surface area contributed by atoms with Gasteiger partial charge in [-0.1, -0.05) is 13.8 Å². The van der Waals surface area contributed by atoms with E-state index in [0.29, 0.717) is 23.1 Å². The van der Waals surface area contributed by atoms with Crippen LogP contribution < -0.4 is 4.74 Å². The first-order valence-electron chi connectivity index (χ1n) is 8.58. The SMILES string of the molecule is COc1ccc(-c2csc(C3CCN(CC(C)C)CC3)n2)c(F)c1. The third kappa shape index (κ3) is 3.95. The molecule has 3 nitrogen and oxygen atoms in total. The lowest BCUT2D eigenvalue weighted by atomic mass is 9.97. The number of hydrogen-bond acceptors (Lipinski definition) is 4. The summed E-state index contributed by atoms with van der Waals surface area (Å²) in [6.07, 6.45) is 2.29. The summed E-state index contributed by atoms with van der Waals surface area (Å²) in [4.78, 5) is 7.27. The predicted molar refractivity (Wildman–Crippen MR) is 97.3 cm³/mol. The number of rotatable bonds is 5. The molecule has 130 valence electrons. The molecule has 0 unspecified atom stereocenters. The number of aromatic nitrogens is 1. The smallest absolute Gasteiger partial charge is 0.136 e. The molecule has 5 heteroatoms. The normalized spacial score (nSPS) is 16.7. The van der Waals surface area contributed by atoms with Crippen molar-refractivity contribution < 1.29 is 9.13 Å². The summed E-state index contributed by atoms with van der Waals surface area (Å²) in [5.41, 5.74) is 1.29.